The lowest BCUT2D eigenvalue weighted by Crippen LogP contribution is -2.04. The topological polar surface area (TPSA) is 43.6 Å². The summed E-state index contributed by atoms with van der Waals surface area (Å²) in [6, 6.07) is 3.56. The largest absolute Gasteiger partial charge is 0.461 e. The van der Waals surface area contributed by atoms with Crippen molar-refractivity contribution in [1.82, 2.24) is 9.38 Å². The minimum Gasteiger partial charge on any atom is -0.461 e. The molecule has 0 spiro atoms. The van der Waals surface area contributed by atoms with Crippen LogP contribution in [0.25, 0.3) is 15.2 Å². The molecule has 0 saturated heterocycles. The number of hydrogen-bond donors (Lipinski definition) is 0. The number of halogens is 2. The molecule has 0 N–H and O–H groups in total. The number of ether oxygens (including phenoxy) is 1. The lowest BCUT2D eigenvalue weighted by Gasteiger charge is -1.97. The molecule has 0 aliphatic rings. The molecule has 0 fully saturated rings. The third-order valence-electron chi connectivity index (χ3n) is 2.62. The highest BCUT2D eigenvalue weighted by molar-refractivity contribution is 7.23. The van der Waals surface area contributed by atoms with Gasteiger partial charge in [-0.15, -0.1) is 0 Å². The number of imidazole rings is 1. The van der Waals surface area contributed by atoms with Crippen molar-refractivity contribution >= 4 is 55.7 Å². The van der Waals surface area contributed by atoms with Crippen LogP contribution in [0.3, 0.4) is 0 Å². The van der Waals surface area contributed by atoms with E-state index in [-0.39, 0.29) is 0 Å². The molecular weight excluding hydrogens is 307 g/mol. The molecule has 7 heteroatoms. The number of nitrogens with zero attached hydrogens (tertiary/aromatic N) is 2. The highest BCUT2D eigenvalue weighted by Gasteiger charge is 2.15. The van der Waals surface area contributed by atoms with E-state index in [2.05, 4.69) is 4.98 Å². The summed E-state index contributed by atoms with van der Waals surface area (Å²) in [5.41, 5.74) is 1.17. The molecule has 98 valence electrons. The lowest BCUT2D eigenvalue weighted by molar-refractivity contribution is 0.0520. The van der Waals surface area contributed by atoms with Gasteiger partial charge in [0.05, 0.1) is 26.9 Å². The van der Waals surface area contributed by atoms with Gasteiger partial charge in [-0.25, -0.2) is 9.78 Å². The van der Waals surface area contributed by atoms with Gasteiger partial charge in [0.1, 0.15) is 0 Å². The Hall–Kier alpha value is -1.30. The predicted octanol–water partition coefficient (Wildman–Crippen LogP) is 4.03. The van der Waals surface area contributed by atoms with Crippen LogP contribution in [0.1, 0.15) is 17.4 Å². The molecule has 3 aromatic rings. The Morgan fingerprint density at radius 2 is 2.16 bits per heavy atom. The van der Waals surface area contributed by atoms with E-state index in [4.69, 9.17) is 27.9 Å². The van der Waals surface area contributed by atoms with Crippen LogP contribution in [0.4, 0.5) is 0 Å². The second-order valence-electron chi connectivity index (χ2n) is 3.84. The molecule has 4 nitrogen and oxygen atoms in total. The first-order valence-electron chi connectivity index (χ1n) is 5.54. The zero-order valence-corrected chi connectivity index (χ0v) is 12.1. The first-order chi connectivity index (χ1) is 9.10. The van der Waals surface area contributed by atoms with Gasteiger partial charge in [0, 0.05) is 6.20 Å². The number of esters is 1. The van der Waals surface area contributed by atoms with E-state index in [1.54, 1.807) is 25.3 Å². The highest BCUT2D eigenvalue weighted by atomic mass is 35.5. The van der Waals surface area contributed by atoms with Gasteiger partial charge in [-0.3, -0.25) is 4.40 Å². The standard InChI is InChI=1S/C12H8Cl2N2O2S/c1-2-18-11(17)8-5-16-9-3-6(13)7(14)4-10(9)19-12(16)15-8/h3-5H,2H2,1H3. The van der Waals surface area contributed by atoms with Crippen molar-refractivity contribution in [2.45, 2.75) is 6.92 Å². The van der Waals surface area contributed by atoms with Crippen molar-refractivity contribution < 1.29 is 9.53 Å². The SMILES string of the molecule is CCOC(=O)c1cn2c(n1)sc1cc(Cl)c(Cl)cc12. The molecule has 2 aromatic heterocycles. The van der Waals surface area contributed by atoms with Gasteiger partial charge in [-0.05, 0) is 19.1 Å². The molecular formula is C12H8Cl2N2O2S. The van der Waals surface area contributed by atoms with Gasteiger partial charge in [0.2, 0.25) is 0 Å². The summed E-state index contributed by atoms with van der Waals surface area (Å²) in [6.07, 6.45) is 1.65. The monoisotopic (exact) mass is 314 g/mol. The molecule has 0 radical (unpaired) electrons. The maximum Gasteiger partial charge on any atom is 0.358 e. The van der Waals surface area contributed by atoms with Crippen molar-refractivity contribution in [3.05, 3.63) is 34.1 Å². The zero-order valence-electron chi connectivity index (χ0n) is 9.81. The van der Waals surface area contributed by atoms with E-state index < -0.39 is 5.97 Å². The quantitative estimate of drug-likeness (QED) is 0.671. The van der Waals surface area contributed by atoms with E-state index in [1.807, 2.05) is 4.40 Å². The predicted molar refractivity (Wildman–Crippen MR) is 76.6 cm³/mol. The Morgan fingerprint density at radius 3 is 2.89 bits per heavy atom. The van der Waals surface area contributed by atoms with Gasteiger partial charge < -0.3 is 4.74 Å². The van der Waals surface area contributed by atoms with Gasteiger partial charge in [-0.1, -0.05) is 34.5 Å². The first kappa shape index (κ1) is 12.7. The number of hydrogen-bond acceptors (Lipinski definition) is 4. The molecule has 2 heterocycles. The summed E-state index contributed by atoms with van der Waals surface area (Å²) < 4.78 is 7.70. The van der Waals surface area contributed by atoms with Crippen LogP contribution >= 0.6 is 34.5 Å². The second kappa shape index (κ2) is 4.67. The summed E-state index contributed by atoms with van der Waals surface area (Å²) in [6.45, 7) is 2.08. The number of fused-ring (bicyclic) bond motifs is 3. The molecule has 0 unspecified atom stereocenters. The molecule has 1 aromatic carbocycles. The van der Waals surface area contributed by atoms with Crippen molar-refractivity contribution in [3.8, 4) is 0 Å². The Labute approximate surface area is 122 Å². The third kappa shape index (κ3) is 2.08. The van der Waals surface area contributed by atoms with Crippen LogP contribution < -0.4 is 0 Å². The Bertz CT molecular complexity index is 794. The minimum atomic E-state index is -0.424. The fraction of sp³-hybridized carbons (Fsp3) is 0.167. The summed E-state index contributed by atoms with van der Waals surface area (Å²) in [5, 5.41) is 0.976. The number of carbonyl (C=O) groups is 1. The fourth-order valence-electron chi connectivity index (χ4n) is 1.80. The van der Waals surface area contributed by atoms with E-state index in [9.17, 15) is 4.79 Å². The summed E-state index contributed by atoms with van der Waals surface area (Å²) in [7, 11) is 0. The van der Waals surface area contributed by atoms with Gasteiger partial charge >= 0.3 is 5.97 Å². The Balaban J connectivity index is 2.19. The molecule has 19 heavy (non-hydrogen) atoms. The Morgan fingerprint density at radius 1 is 1.42 bits per heavy atom. The van der Waals surface area contributed by atoms with Gasteiger partial charge in [-0.2, -0.15) is 0 Å². The van der Waals surface area contributed by atoms with Crippen molar-refractivity contribution in [2.24, 2.45) is 0 Å². The number of aromatic nitrogens is 2. The smallest absolute Gasteiger partial charge is 0.358 e. The molecule has 0 amide bonds. The summed E-state index contributed by atoms with van der Waals surface area (Å²) >= 11 is 13.4. The van der Waals surface area contributed by atoms with Crippen molar-refractivity contribution in [2.75, 3.05) is 6.61 Å². The second-order valence-corrected chi connectivity index (χ2v) is 5.66. The van der Waals surface area contributed by atoms with E-state index in [0.29, 0.717) is 27.3 Å². The Kier molecular flexibility index (Phi) is 3.12. The average molecular weight is 315 g/mol. The summed E-state index contributed by atoms with van der Waals surface area (Å²) in [5.74, 6) is -0.424. The molecule has 0 atom stereocenters. The van der Waals surface area contributed by atoms with Gasteiger partial charge in [0.15, 0.2) is 10.7 Å². The normalized spacial score (nSPS) is 11.3. The van der Waals surface area contributed by atoms with Crippen LogP contribution in [-0.4, -0.2) is 22.0 Å². The van der Waals surface area contributed by atoms with Crippen molar-refractivity contribution in [1.29, 1.82) is 0 Å². The van der Waals surface area contributed by atoms with Crippen LogP contribution in [0.15, 0.2) is 18.3 Å². The number of rotatable bonds is 2. The molecule has 0 aliphatic carbocycles. The number of benzene rings is 1. The zero-order chi connectivity index (χ0) is 13.6. The van der Waals surface area contributed by atoms with Crippen LogP contribution in [0.5, 0.6) is 0 Å². The van der Waals surface area contributed by atoms with Crippen LogP contribution in [0.2, 0.25) is 10.0 Å². The van der Waals surface area contributed by atoms with E-state index >= 15 is 0 Å². The molecule has 0 aliphatic heterocycles. The van der Waals surface area contributed by atoms with Gasteiger partial charge in [0.25, 0.3) is 0 Å². The third-order valence-corrected chi connectivity index (χ3v) is 4.36. The number of carbonyl (C=O) groups excluding carboxylic acids is 1. The maximum atomic E-state index is 11.6. The fourth-order valence-corrected chi connectivity index (χ4v) is 3.21. The number of thiazole rings is 1. The maximum absolute atomic E-state index is 11.6. The minimum absolute atomic E-state index is 0.293. The summed E-state index contributed by atoms with van der Waals surface area (Å²) in [4.78, 5) is 16.6. The molecule has 3 rings (SSSR count). The van der Waals surface area contributed by atoms with E-state index in [0.717, 1.165) is 10.2 Å². The molecule has 0 bridgehead atoms. The van der Waals surface area contributed by atoms with E-state index in [1.165, 1.54) is 11.3 Å². The molecule has 0 saturated carbocycles. The van der Waals surface area contributed by atoms with Crippen molar-refractivity contribution in [3.63, 3.8) is 0 Å². The average Bonchev–Trinajstić information content (AvgIpc) is 2.89. The highest BCUT2D eigenvalue weighted by Crippen LogP contribution is 2.33. The lowest BCUT2D eigenvalue weighted by atomic mass is 10.3. The van der Waals surface area contributed by atoms with Crippen LogP contribution in [-0.2, 0) is 4.74 Å². The first-order valence-corrected chi connectivity index (χ1v) is 7.11. The van der Waals surface area contributed by atoms with Crippen LogP contribution in [0, 0.1) is 0 Å².